The summed E-state index contributed by atoms with van der Waals surface area (Å²) in [6, 6.07) is 8.74. The molecule has 2 aromatic carbocycles. The van der Waals surface area contributed by atoms with Gasteiger partial charge in [0, 0.05) is 15.1 Å². The number of carbonyl (C=O) groups is 1. The number of rotatable bonds is 9. The Morgan fingerprint density at radius 3 is 2.30 bits per heavy atom. The Morgan fingerprint density at radius 1 is 1.13 bits per heavy atom. The van der Waals surface area contributed by atoms with Crippen LogP contribution in [0.1, 0.15) is 18.9 Å². The highest BCUT2D eigenvalue weighted by molar-refractivity contribution is 7.92. The Hall–Kier alpha value is -1.67. The summed E-state index contributed by atoms with van der Waals surface area (Å²) in [6.07, 6.45) is 1.28. The molecule has 1 N–H and O–H groups in total. The van der Waals surface area contributed by atoms with Gasteiger partial charge in [0.15, 0.2) is 0 Å². The topological polar surface area (TPSA) is 75.7 Å². The SMILES string of the molecule is CC[C@H](C(=O)NCCOc1ccc(C)c(Cl)c1)N(c1cc(Cl)cc(Cl)c1)S(C)(=O)=O. The molecule has 0 aliphatic heterocycles. The number of carbonyl (C=O) groups excluding carboxylic acids is 1. The number of nitrogens with one attached hydrogen (secondary N) is 1. The fraction of sp³-hybridized carbons (Fsp3) is 0.350. The lowest BCUT2D eigenvalue weighted by Gasteiger charge is -2.30. The molecule has 0 aliphatic rings. The monoisotopic (exact) mass is 492 g/mol. The van der Waals surface area contributed by atoms with Gasteiger partial charge in [0.25, 0.3) is 0 Å². The molecule has 164 valence electrons. The van der Waals surface area contributed by atoms with Crippen molar-refractivity contribution < 1.29 is 17.9 Å². The minimum Gasteiger partial charge on any atom is -0.492 e. The van der Waals surface area contributed by atoms with E-state index in [1.165, 1.54) is 18.2 Å². The van der Waals surface area contributed by atoms with Crippen molar-refractivity contribution in [2.45, 2.75) is 26.3 Å². The van der Waals surface area contributed by atoms with Crippen molar-refractivity contribution in [3.63, 3.8) is 0 Å². The van der Waals surface area contributed by atoms with Crippen molar-refractivity contribution in [1.82, 2.24) is 5.32 Å². The molecule has 2 aromatic rings. The van der Waals surface area contributed by atoms with Crippen molar-refractivity contribution in [2.24, 2.45) is 0 Å². The second-order valence-corrected chi connectivity index (χ2v) is 9.80. The summed E-state index contributed by atoms with van der Waals surface area (Å²) in [7, 11) is -3.78. The molecule has 0 saturated carbocycles. The van der Waals surface area contributed by atoms with Gasteiger partial charge in [-0.15, -0.1) is 0 Å². The minimum absolute atomic E-state index is 0.189. The number of benzene rings is 2. The summed E-state index contributed by atoms with van der Waals surface area (Å²) < 4.78 is 31.5. The minimum atomic E-state index is -3.78. The van der Waals surface area contributed by atoms with Gasteiger partial charge in [-0.05, 0) is 49.2 Å². The summed E-state index contributed by atoms with van der Waals surface area (Å²) >= 11 is 18.1. The molecule has 0 radical (unpaired) electrons. The molecule has 2 rings (SSSR count). The Labute approximate surface area is 192 Å². The quantitative estimate of drug-likeness (QED) is 0.514. The first kappa shape index (κ1) is 24.6. The molecule has 0 aromatic heterocycles. The van der Waals surface area contributed by atoms with Crippen LogP contribution in [0.5, 0.6) is 5.75 Å². The van der Waals surface area contributed by atoms with Gasteiger partial charge in [-0.2, -0.15) is 0 Å². The number of ether oxygens (including phenoxy) is 1. The van der Waals surface area contributed by atoms with Crippen LogP contribution >= 0.6 is 34.8 Å². The average Bonchev–Trinajstić information content (AvgIpc) is 2.63. The van der Waals surface area contributed by atoms with Crippen molar-refractivity contribution in [1.29, 1.82) is 0 Å². The lowest BCUT2D eigenvalue weighted by Crippen LogP contribution is -2.50. The van der Waals surface area contributed by atoms with Crippen LogP contribution < -0.4 is 14.4 Å². The Kier molecular flexibility index (Phi) is 8.67. The number of hydrogen-bond donors (Lipinski definition) is 1. The van der Waals surface area contributed by atoms with E-state index in [1.807, 2.05) is 13.0 Å². The maximum Gasteiger partial charge on any atom is 0.244 e. The molecule has 0 spiro atoms. The van der Waals surface area contributed by atoms with Gasteiger partial charge in [0.05, 0.1) is 18.5 Å². The first-order valence-electron chi connectivity index (χ1n) is 9.15. The number of amides is 1. The van der Waals surface area contributed by atoms with E-state index in [9.17, 15) is 13.2 Å². The summed E-state index contributed by atoms with van der Waals surface area (Å²) in [5.41, 5.74) is 1.16. The number of hydrogen-bond acceptors (Lipinski definition) is 4. The van der Waals surface area contributed by atoms with Crippen molar-refractivity contribution in [2.75, 3.05) is 23.7 Å². The van der Waals surface area contributed by atoms with Gasteiger partial charge in [0.1, 0.15) is 18.4 Å². The van der Waals surface area contributed by atoms with E-state index >= 15 is 0 Å². The summed E-state index contributed by atoms with van der Waals surface area (Å²) in [6.45, 7) is 4.00. The third-order valence-electron chi connectivity index (χ3n) is 4.24. The molecular formula is C20H23Cl3N2O4S. The van der Waals surface area contributed by atoms with Gasteiger partial charge < -0.3 is 10.1 Å². The van der Waals surface area contributed by atoms with Crippen LogP contribution in [0.4, 0.5) is 5.69 Å². The number of halogens is 3. The first-order valence-corrected chi connectivity index (χ1v) is 12.1. The van der Waals surface area contributed by atoms with Crippen LogP contribution in [0, 0.1) is 6.92 Å². The standard InChI is InChI=1S/C20H23Cl3N2O4S/c1-4-19(25(30(3,27)28)16-10-14(21)9-15(22)11-16)20(26)24-7-8-29-17-6-5-13(2)18(23)12-17/h5-6,9-12,19H,4,7-8H2,1-3H3,(H,24,26)/t19-/m1/s1. The molecule has 0 aliphatic carbocycles. The summed E-state index contributed by atoms with van der Waals surface area (Å²) in [5.74, 6) is 0.128. The lowest BCUT2D eigenvalue weighted by atomic mass is 10.2. The van der Waals surface area contributed by atoms with Crippen LogP contribution in [0.25, 0.3) is 0 Å². The molecule has 0 saturated heterocycles. The second-order valence-electron chi connectivity index (χ2n) is 6.66. The average molecular weight is 494 g/mol. The van der Waals surface area contributed by atoms with Crippen molar-refractivity contribution in [3.05, 3.63) is 57.0 Å². The number of sulfonamides is 1. The van der Waals surface area contributed by atoms with Crippen LogP contribution in [0.15, 0.2) is 36.4 Å². The van der Waals surface area contributed by atoms with Crippen LogP contribution in [0.2, 0.25) is 15.1 Å². The molecular weight excluding hydrogens is 471 g/mol. The molecule has 0 bridgehead atoms. The number of anilines is 1. The van der Waals surface area contributed by atoms with Crippen LogP contribution in [0.3, 0.4) is 0 Å². The van der Waals surface area contributed by atoms with E-state index in [1.54, 1.807) is 19.1 Å². The lowest BCUT2D eigenvalue weighted by molar-refractivity contribution is -0.122. The van der Waals surface area contributed by atoms with Crippen LogP contribution in [-0.2, 0) is 14.8 Å². The van der Waals surface area contributed by atoms with E-state index < -0.39 is 22.0 Å². The molecule has 0 heterocycles. The largest absolute Gasteiger partial charge is 0.492 e. The fourth-order valence-electron chi connectivity index (χ4n) is 2.85. The molecule has 1 amide bonds. The molecule has 30 heavy (non-hydrogen) atoms. The highest BCUT2D eigenvalue weighted by Crippen LogP contribution is 2.29. The van der Waals surface area contributed by atoms with E-state index in [-0.39, 0.29) is 35.3 Å². The zero-order chi connectivity index (χ0) is 22.5. The Balaban J connectivity index is 2.09. The van der Waals surface area contributed by atoms with E-state index in [2.05, 4.69) is 5.32 Å². The molecule has 0 unspecified atom stereocenters. The van der Waals surface area contributed by atoms with Crippen LogP contribution in [-0.4, -0.2) is 39.8 Å². The van der Waals surface area contributed by atoms with Crippen molar-refractivity contribution >= 4 is 56.4 Å². The molecule has 0 fully saturated rings. The highest BCUT2D eigenvalue weighted by atomic mass is 35.5. The van der Waals surface area contributed by atoms with Gasteiger partial charge >= 0.3 is 0 Å². The Bertz CT molecular complexity index is 995. The van der Waals surface area contributed by atoms with Crippen molar-refractivity contribution in [3.8, 4) is 5.75 Å². The number of aryl methyl sites for hydroxylation is 1. The second kappa shape index (κ2) is 10.6. The van der Waals surface area contributed by atoms with E-state index in [0.717, 1.165) is 16.1 Å². The molecule has 1 atom stereocenters. The molecule has 6 nitrogen and oxygen atoms in total. The smallest absolute Gasteiger partial charge is 0.244 e. The highest BCUT2D eigenvalue weighted by Gasteiger charge is 2.31. The maximum absolute atomic E-state index is 12.8. The first-order chi connectivity index (χ1) is 14.0. The van der Waals surface area contributed by atoms with Gasteiger partial charge in [-0.3, -0.25) is 9.10 Å². The normalized spacial score (nSPS) is 12.3. The van der Waals surface area contributed by atoms with Gasteiger partial charge in [-0.25, -0.2) is 8.42 Å². The van der Waals surface area contributed by atoms with E-state index in [0.29, 0.717) is 10.8 Å². The third-order valence-corrected chi connectivity index (χ3v) is 6.27. The van der Waals surface area contributed by atoms with Gasteiger partial charge in [-0.1, -0.05) is 47.8 Å². The zero-order valence-electron chi connectivity index (χ0n) is 16.8. The number of nitrogens with zero attached hydrogens (tertiary/aromatic N) is 1. The fourth-order valence-corrected chi connectivity index (χ4v) is 4.73. The van der Waals surface area contributed by atoms with Gasteiger partial charge in [0.2, 0.25) is 15.9 Å². The maximum atomic E-state index is 12.8. The molecule has 10 heteroatoms. The third kappa shape index (κ3) is 6.67. The predicted molar refractivity (Wildman–Crippen MR) is 123 cm³/mol. The summed E-state index contributed by atoms with van der Waals surface area (Å²) in [5, 5.41) is 3.84. The Morgan fingerprint density at radius 2 is 1.77 bits per heavy atom. The summed E-state index contributed by atoms with van der Waals surface area (Å²) in [4.78, 5) is 12.8. The predicted octanol–water partition coefficient (Wildman–Crippen LogP) is 4.70. The zero-order valence-corrected chi connectivity index (χ0v) is 19.9. The van der Waals surface area contributed by atoms with E-state index in [4.69, 9.17) is 39.5 Å².